The number of hydrogen-bond donors (Lipinski definition) is 1. The zero-order valence-corrected chi connectivity index (χ0v) is 17.1. The Bertz CT molecular complexity index is 1220. The van der Waals surface area contributed by atoms with Crippen LogP contribution in [0.1, 0.15) is 32.7 Å². The molecule has 0 atom stereocenters. The first-order valence-electron chi connectivity index (χ1n) is 9.65. The van der Waals surface area contributed by atoms with Crippen molar-refractivity contribution in [3.63, 3.8) is 0 Å². The van der Waals surface area contributed by atoms with Crippen molar-refractivity contribution in [2.24, 2.45) is 0 Å². The molecule has 144 valence electrons. The molecule has 0 fully saturated rings. The third-order valence-corrected chi connectivity index (χ3v) is 5.10. The third kappa shape index (κ3) is 3.87. The number of aryl methyl sites for hydroxylation is 4. The minimum atomic E-state index is -0.189. The van der Waals surface area contributed by atoms with Gasteiger partial charge >= 0.3 is 0 Å². The highest BCUT2D eigenvalue weighted by atomic mass is 16.1. The number of nitrogens with zero attached hydrogens (tertiary/aromatic N) is 2. The molecule has 0 aliphatic carbocycles. The number of amides is 1. The van der Waals surface area contributed by atoms with Gasteiger partial charge in [0.1, 0.15) is 5.82 Å². The largest absolute Gasteiger partial charge is 0.307 e. The first kappa shape index (κ1) is 18.8. The highest BCUT2D eigenvalue weighted by Gasteiger charge is 2.15. The maximum atomic E-state index is 13.2. The van der Waals surface area contributed by atoms with Crippen molar-refractivity contribution in [3.8, 4) is 11.3 Å². The fraction of sp³-hybridized carbons (Fsp3) is 0.160. The smallest absolute Gasteiger partial charge is 0.257 e. The van der Waals surface area contributed by atoms with Crippen molar-refractivity contribution in [1.29, 1.82) is 0 Å². The van der Waals surface area contributed by atoms with Crippen LogP contribution in [0.2, 0.25) is 0 Å². The van der Waals surface area contributed by atoms with E-state index in [1.54, 1.807) is 0 Å². The predicted molar refractivity (Wildman–Crippen MR) is 118 cm³/mol. The van der Waals surface area contributed by atoms with Crippen LogP contribution in [0.3, 0.4) is 0 Å². The Morgan fingerprint density at radius 1 is 0.828 bits per heavy atom. The second-order valence-corrected chi connectivity index (χ2v) is 7.50. The predicted octanol–water partition coefficient (Wildman–Crippen LogP) is 5.78. The number of carbonyl (C=O) groups is 1. The van der Waals surface area contributed by atoms with E-state index in [0.717, 1.165) is 33.4 Å². The van der Waals surface area contributed by atoms with E-state index in [-0.39, 0.29) is 5.91 Å². The summed E-state index contributed by atoms with van der Waals surface area (Å²) < 4.78 is 0. The van der Waals surface area contributed by atoms with Crippen LogP contribution in [0.25, 0.3) is 22.2 Å². The highest BCUT2D eigenvalue weighted by Crippen LogP contribution is 2.27. The molecule has 2 aromatic heterocycles. The lowest BCUT2D eigenvalue weighted by Gasteiger charge is -2.12. The molecule has 0 aliphatic heterocycles. The minimum absolute atomic E-state index is 0.189. The van der Waals surface area contributed by atoms with Gasteiger partial charge in [-0.05, 0) is 74.7 Å². The van der Waals surface area contributed by atoms with Crippen LogP contribution in [-0.2, 0) is 0 Å². The first-order valence-corrected chi connectivity index (χ1v) is 9.65. The summed E-state index contributed by atoms with van der Waals surface area (Å²) in [6, 6.07) is 19.7. The summed E-state index contributed by atoms with van der Waals surface area (Å²) in [7, 11) is 0. The summed E-state index contributed by atoms with van der Waals surface area (Å²) in [6.45, 7) is 8.08. The Labute approximate surface area is 170 Å². The average molecular weight is 381 g/mol. The molecule has 0 radical (unpaired) electrons. The van der Waals surface area contributed by atoms with Gasteiger partial charge in [0.25, 0.3) is 5.91 Å². The molecule has 2 aromatic carbocycles. The molecular formula is C25H23N3O. The Balaban J connectivity index is 1.81. The lowest BCUT2D eigenvalue weighted by atomic mass is 10.0. The number of pyridine rings is 2. The first-order chi connectivity index (χ1) is 13.9. The third-order valence-electron chi connectivity index (χ3n) is 5.10. The van der Waals surface area contributed by atoms with Crippen LogP contribution in [0.4, 0.5) is 5.82 Å². The Morgan fingerprint density at radius 3 is 2.38 bits per heavy atom. The van der Waals surface area contributed by atoms with E-state index in [0.29, 0.717) is 11.4 Å². The molecule has 0 spiro atoms. The van der Waals surface area contributed by atoms with Crippen molar-refractivity contribution in [3.05, 3.63) is 88.6 Å². The minimum Gasteiger partial charge on any atom is -0.307 e. The SMILES string of the molecule is Cc1cc(C)nc(NC(=O)c2cc(-c3ccc(C)c(C)c3)nc3ccccc23)c1. The molecule has 0 saturated heterocycles. The zero-order valence-electron chi connectivity index (χ0n) is 17.1. The van der Waals surface area contributed by atoms with Gasteiger partial charge in [0, 0.05) is 16.6 Å². The summed E-state index contributed by atoms with van der Waals surface area (Å²) in [5.74, 6) is 0.368. The number of hydrogen-bond acceptors (Lipinski definition) is 3. The maximum absolute atomic E-state index is 13.2. The van der Waals surface area contributed by atoms with E-state index in [1.165, 1.54) is 11.1 Å². The van der Waals surface area contributed by atoms with E-state index >= 15 is 0 Å². The summed E-state index contributed by atoms with van der Waals surface area (Å²) in [5.41, 5.74) is 7.52. The summed E-state index contributed by atoms with van der Waals surface area (Å²) in [5, 5.41) is 3.77. The van der Waals surface area contributed by atoms with Gasteiger partial charge in [-0.3, -0.25) is 4.79 Å². The fourth-order valence-corrected chi connectivity index (χ4v) is 3.50. The summed E-state index contributed by atoms with van der Waals surface area (Å²) in [6.07, 6.45) is 0. The molecule has 1 amide bonds. The van der Waals surface area contributed by atoms with Gasteiger partial charge < -0.3 is 5.32 Å². The lowest BCUT2D eigenvalue weighted by Crippen LogP contribution is -2.14. The molecule has 0 aliphatic rings. The number of aromatic nitrogens is 2. The Kier molecular flexibility index (Phi) is 4.85. The van der Waals surface area contributed by atoms with Gasteiger partial charge in [0.15, 0.2) is 0 Å². The summed E-state index contributed by atoms with van der Waals surface area (Å²) in [4.78, 5) is 22.4. The van der Waals surface area contributed by atoms with Crippen LogP contribution < -0.4 is 5.32 Å². The molecule has 29 heavy (non-hydrogen) atoms. The van der Waals surface area contributed by atoms with Crippen molar-refractivity contribution in [2.45, 2.75) is 27.7 Å². The van der Waals surface area contributed by atoms with E-state index in [2.05, 4.69) is 36.3 Å². The van der Waals surface area contributed by atoms with E-state index in [4.69, 9.17) is 4.98 Å². The molecule has 0 unspecified atom stereocenters. The molecule has 4 aromatic rings. The molecule has 4 nitrogen and oxygen atoms in total. The van der Waals surface area contributed by atoms with Crippen LogP contribution >= 0.6 is 0 Å². The van der Waals surface area contributed by atoms with Gasteiger partial charge in [0.2, 0.25) is 0 Å². The second kappa shape index (κ2) is 7.47. The van der Waals surface area contributed by atoms with Crippen molar-refractivity contribution >= 4 is 22.6 Å². The molecular weight excluding hydrogens is 358 g/mol. The second-order valence-electron chi connectivity index (χ2n) is 7.50. The number of nitrogens with one attached hydrogen (secondary N) is 1. The number of rotatable bonds is 3. The fourth-order valence-electron chi connectivity index (χ4n) is 3.50. The molecule has 0 bridgehead atoms. The van der Waals surface area contributed by atoms with Crippen LogP contribution in [0.15, 0.2) is 60.7 Å². The highest BCUT2D eigenvalue weighted by molar-refractivity contribution is 6.12. The van der Waals surface area contributed by atoms with Gasteiger partial charge in [0.05, 0.1) is 16.8 Å². The van der Waals surface area contributed by atoms with Gasteiger partial charge in [-0.15, -0.1) is 0 Å². The van der Waals surface area contributed by atoms with E-state index in [1.807, 2.05) is 62.4 Å². The zero-order chi connectivity index (χ0) is 20.5. The Hall–Kier alpha value is -3.53. The van der Waals surface area contributed by atoms with Crippen LogP contribution in [0.5, 0.6) is 0 Å². The lowest BCUT2D eigenvalue weighted by molar-refractivity contribution is 0.102. The van der Waals surface area contributed by atoms with E-state index in [9.17, 15) is 4.79 Å². The van der Waals surface area contributed by atoms with Crippen LogP contribution in [0, 0.1) is 27.7 Å². The number of benzene rings is 2. The molecule has 4 heteroatoms. The topological polar surface area (TPSA) is 54.9 Å². The Morgan fingerprint density at radius 2 is 1.62 bits per heavy atom. The number of anilines is 1. The van der Waals surface area contributed by atoms with Crippen molar-refractivity contribution in [1.82, 2.24) is 9.97 Å². The molecule has 1 N–H and O–H groups in total. The maximum Gasteiger partial charge on any atom is 0.257 e. The van der Waals surface area contributed by atoms with Gasteiger partial charge in [-0.25, -0.2) is 9.97 Å². The number of para-hydroxylation sites is 1. The van der Waals surface area contributed by atoms with Crippen molar-refractivity contribution < 1.29 is 4.79 Å². The normalized spacial score (nSPS) is 10.9. The van der Waals surface area contributed by atoms with Crippen molar-refractivity contribution in [2.75, 3.05) is 5.32 Å². The quantitative estimate of drug-likeness (QED) is 0.489. The van der Waals surface area contributed by atoms with Gasteiger partial charge in [-0.1, -0.05) is 30.3 Å². The summed E-state index contributed by atoms with van der Waals surface area (Å²) >= 11 is 0. The number of fused-ring (bicyclic) bond motifs is 1. The molecule has 0 saturated carbocycles. The molecule has 4 rings (SSSR count). The standard InChI is InChI=1S/C25H23N3O/c1-15-11-18(4)26-24(12-15)28-25(29)21-14-23(19-10-9-16(2)17(3)13-19)27-22-8-6-5-7-20(21)22/h5-14H,1-4H3,(H,26,28,29). The monoisotopic (exact) mass is 381 g/mol. The van der Waals surface area contributed by atoms with Crippen LogP contribution in [-0.4, -0.2) is 15.9 Å². The van der Waals surface area contributed by atoms with Gasteiger partial charge in [-0.2, -0.15) is 0 Å². The van der Waals surface area contributed by atoms with E-state index < -0.39 is 0 Å². The number of carbonyl (C=O) groups excluding carboxylic acids is 1. The average Bonchev–Trinajstić information content (AvgIpc) is 2.68. The molecule has 2 heterocycles.